The molecule has 0 unspecified atom stereocenters. The fourth-order valence-electron chi connectivity index (χ4n) is 8.93. The molecule has 0 spiro atoms. The monoisotopic (exact) mass is 841 g/mol. The fraction of sp³-hybridized carbons (Fsp3) is 0.422. The first-order valence-corrected chi connectivity index (χ1v) is 20.5. The van der Waals surface area contributed by atoms with Crippen LogP contribution in [0.4, 0.5) is 0 Å². The number of ether oxygens (including phenoxy) is 1. The van der Waals surface area contributed by atoms with E-state index >= 15 is 0 Å². The van der Waals surface area contributed by atoms with E-state index in [2.05, 4.69) is 10.3 Å². The number of rotatable bonds is 15. The molecule has 0 aliphatic carbocycles. The Morgan fingerprint density at radius 3 is 2.56 bits per heavy atom. The normalized spacial score (nSPS) is 21.6. The number of aromatic amines is 1. The number of nitrogens with one attached hydrogen (secondary N) is 2. The van der Waals surface area contributed by atoms with Gasteiger partial charge in [-0.1, -0.05) is 13.0 Å². The smallest absolute Gasteiger partial charge is 0.220 e. The number of carbonyl (C=O) groups is 1. The SMILES string of the molecule is CCc1c2cc[nH]c2cn1-c1c2c(cc3c(=O)cc(C)oc13)C[C@@H](OOC[C@@](O)(Cc1ccc(O)c3ccc(O)cc13)[C@@H](O)[C@H](O)[C@H](O)CO)[C@@](C)(CC[C@@H]1CNC(=O)C1)O2. The standard InChI is InChI=1S/C45H51N3O13/c1-4-33-29-10-12-46-32(29)20-48(33)39-41-26(15-31-35(52)13-23(2)59-42(31)39)16-37(44(3,60-41)11-9-24-14-38(54)47-19-24)61-58-22-45(57,43(56)40(55)36(53)21-49)18-25-5-8-34(51)28-7-6-27(50)17-30(25)28/h5-8,10,12-13,15,17,20,24,36-37,40,43,46,49-51,53,55-57H,4,9,11,14,16,18-19,21-22H2,1-3H3,(H,47,54)/t24-,36+,37+,40+,43-,44+,45-/m0/s1. The van der Waals surface area contributed by atoms with Crippen molar-refractivity contribution in [3.05, 3.63) is 93.7 Å². The van der Waals surface area contributed by atoms with Crippen molar-refractivity contribution in [2.75, 3.05) is 19.8 Å². The maximum Gasteiger partial charge on any atom is 0.220 e. The lowest BCUT2D eigenvalue weighted by Gasteiger charge is -2.43. The number of aliphatic hydroxyl groups excluding tert-OH is 4. The molecule has 2 aliphatic heterocycles. The summed E-state index contributed by atoms with van der Waals surface area (Å²) in [4.78, 5) is 41.2. The highest BCUT2D eigenvalue weighted by Gasteiger charge is 2.47. The van der Waals surface area contributed by atoms with Crippen LogP contribution in [0, 0.1) is 12.8 Å². The summed E-state index contributed by atoms with van der Waals surface area (Å²) < 4.78 is 15.4. The number of benzene rings is 3. The minimum absolute atomic E-state index is 0.0175. The molecule has 7 atom stereocenters. The van der Waals surface area contributed by atoms with E-state index in [0.29, 0.717) is 82.3 Å². The molecular weight excluding hydrogens is 791 g/mol. The summed E-state index contributed by atoms with van der Waals surface area (Å²) in [5.41, 5.74) is -0.158. The van der Waals surface area contributed by atoms with Crippen LogP contribution in [0.15, 0.2) is 70.1 Å². The molecule has 5 heterocycles. The number of phenols is 2. The van der Waals surface area contributed by atoms with Crippen LogP contribution in [0.2, 0.25) is 0 Å². The first-order valence-electron chi connectivity index (χ1n) is 20.5. The van der Waals surface area contributed by atoms with Crippen LogP contribution in [0.25, 0.3) is 38.3 Å². The van der Waals surface area contributed by atoms with E-state index in [4.69, 9.17) is 18.9 Å². The number of aromatic hydroxyl groups is 2. The van der Waals surface area contributed by atoms with Gasteiger partial charge in [0.25, 0.3) is 0 Å². The highest BCUT2D eigenvalue weighted by molar-refractivity contribution is 5.93. The Bertz CT molecular complexity index is 2670. The van der Waals surface area contributed by atoms with Gasteiger partial charge in [0.1, 0.15) is 65.2 Å². The topological polar surface area (TPSA) is 249 Å². The molecule has 324 valence electrons. The lowest BCUT2D eigenvalue weighted by atomic mass is 9.83. The third-order valence-corrected chi connectivity index (χ3v) is 12.4. The van der Waals surface area contributed by atoms with Crippen LogP contribution < -0.4 is 15.5 Å². The zero-order valence-corrected chi connectivity index (χ0v) is 34.1. The third kappa shape index (κ3) is 7.84. The zero-order valence-electron chi connectivity index (χ0n) is 34.1. The number of hydrogen-bond acceptors (Lipinski definition) is 13. The second-order valence-electron chi connectivity index (χ2n) is 16.7. The van der Waals surface area contributed by atoms with Crippen LogP contribution in [0.3, 0.4) is 0 Å². The molecule has 1 amide bonds. The molecule has 61 heavy (non-hydrogen) atoms. The average Bonchev–Trinajstić information content (AvgIpc) is 3.96. The Morgan fingerprint density at radius 2 is 1.82 bits per heavy atom. The van der Waals surface area contributed by atoms with Gasteiger partial charge >= 0.3 is 0 Å². The predicted molar refractivity (Wildman–Crippen MR) is 223 cm³/mol. The van der Waals surface area contributed by atoms with Gasteiger partial charge in [0.2, 0.25) is 5.91 Å². The summed E-state index contributed by atoms with van der Waals surface area (Å²) in [7, 11) is 0. The summed E-state index contributed by atoms with van der Waals surface area (Å²) in [5, 5.41) is 80.1. The van der Waals surface area contributed by atoms with Gasteiger partial charge in [0, 0.05) is 66.3 Å². The molecule has 0 bridgehead atoms. The summed E-state index contributed by atoms with van der Waals surface area (Å²) in [6.07, 6.45) is -1.47. The summed E-state index contributed by atoms with van der Waals surface area (Å²) in [6.45, 7) is 4.40. The van der Waals surface area contributed by atoms with Crippen LogP contribution >= 0.6 is 0 Å². The van der Waals surface area contributed by atoms with Gasteiger partial charge < -0.3 is 59.8 Å². The number of hydrogen-bond donors (Lipinski definition) is 9. The minimum Gasteiger partial charge on any atom is -0.508 e. The first-order chi connectivity index (χ1) is 29.1. The van der Waals surface area contributed by atoms with Gasteiger partial charge in [-0.25, -0.2) is 9.78 Å². The molecule has 9 N–H and O–H groups in total. The molecule has 0 saturated carbocycles. The number of amides is 1. The molecule has 2 aliphatic rings. The highest BCUT2D eigenvalue weighted by Crippen LogP contribution is 2.46. The minimum atomic E-state index is -2.40. The number of aromatic nitrogens is 2. The average molecular weight is 842 g/mol. The van der Waals surface area contributed by atoms with Crippen molar-refractivity contribution >= 4 is 38.6 Å². The van der Waals surface area contributed by atoms with Gasteiger partial charge in [-0.15, -0.1) is 0 Å². The fourth-order valence-corrected chi connectivity index (χ4v) is 8.93. The van der Waals surface area contributed by atoms with Crippen molar-refractivity contribution in [1.82, 2.24) is 14.9 Å². The maximum absolute atomic E-state index is 13.6. The number of nitrogens with zero attached hydrogens (tertiary/aromatic N) is 1. The molecule has 1 fully saturated rings. The zero-order chi connectivity index (χ0) is 43.4. The quantitative estimate of drug-likeness (QED) is 0.0532. The Labute approximate surface area is 349 Å². The van der Waals surface area contributed by atoms with Crippen LogP contribution in [-0.2, 0) is 33.8 Å². The number of carbonyl (C=O) groups excluding carboxylic acids is 1. The van der Waals surface area contributed by atoms with E-state index in [1.54, 1.807) is 13.0 Å². The van der Waals surface area contributed by atoms with Gasteiger partial charge in [0.05, 0.1) is 17.5 Å². The van der Waals surface area contributed by atoms with Crippen molar-refractivity contribution in [1.29, 1.82) is 0 Å². The van der Waals surface area contributed by atoms with Crippen molar-refractivity contribution in [3.8, 4) is 22.9 Å². The van der Waals surface area contributed by atoms with Gasteiger partial charge in [-0.3, -0.25) is 9.59 Å². The molecule has 16 nitrogen and oxygen atoms in total. The second-order valence-corrected chi connectivity index (χ2v) is 16.7. The Hall–Kier alpha value is -5.46. The van der Waals surface area contributed by atoms with Crippen molar-refractivity contribution in [2.24, 2.45) is 5.92 Å². The molecule has 8 rings (SSSR count). The second kappa shape index (κ2) is 16.4. The van der Waals surface area contributed by atoms with Crippen molar-refractivity contribution in [3.63, 3.8) is 0 Å². The Morgan fingerprint density at radius 1 is 1.02 bits per heavy atom. The Kier molecular flexibility index (Phi) is 11.4. The summed E-state index contributed by atoms with van der Waals surface area (Å²) >= 11 is 0. The van der Waals surface area contributed by atoms with Crippen molar-refractivity contribution in [2.45, 2.75) is 94.9 Å². The molecule has 0 radical (unpaired) electrons. The molecule has 6 aromatic rings. The van der Waals surface area contributed by atoms with E-state index in [9.17, 15) is 45.3 Å². The number of H-pyrrole nitrogens is 1. The maximum atomic E-state index is 13.6. The number of aliphatic hydroxyl groups is 5. The van der Waals surface area contributed by atoms with E-state index in [0.717, 1.165) is 16.6 Å². The predicted octanol–water partition coefficient (Wildman–Crippen LogP) is 3.48. The summed E-state index contributed by atoms with van der Waals surface area (Å²) in [6, 6.07) is 12.2. The van der Waals surface area contributed by atoms with Gasteiger partial charge in [0.15, 0.2) is 16.8 Å². The van der Waals surface area contributed by atoms with Crippen LogP contribution in [-0.4, -0.2) is 107 Å². The molecular formula is C45H51N3O13. The van der Waals surface area contributed by atoms with E-state index in [1.165, 1.54) is 36.4 Å². The number of phenolic OH excluding ortho intramolecular Hbond substituents is 2. The van der Waals surface area contributed by atoms with Crippen LogP contribution in [0.1, 0.15) is 55.7 Å². The lowest BCUT2D eigenvalue weighted by Crippen LogP contribution is -2.58. The Balaban J connectivity index is 1.18. The van der Waals surface area contributed by atoms with E-state index < -0.39 is 55.3 Å². The first kappa shape index (κ1) is 42.2. The highest BCUT2D eigenvalue weighted by atomic mass is 17.2. The number of aryl methyl sites for hydroxylation is 2. The molecule has 1 saturated heterocycles. The molecule has 3 aromatic heterocycles. The molecule has 16 heteroatoms. The lowest BCUT2D eigenvalue weighted by molar-refractivity contribution is -0.371. The van der Waals surface area contributed by atoms with Crippen LogP contribution in [0.5, 0.6) is 17.2 Å². The van der Waals surface area contributed by atoms with E-state index in [-0.39, 0.29) is 35.2 Å². The summed E-state index contributed by atoms with van der Waals surface area (Å²) in [5.74, 6) is 0.633. The van der Waals surface area contributed by atoms with Crippen molar-refractivity contribution < 1.29 is 59.5 Å². The largest absolute Gasteiger partial charge is 0.508 e. The van der Waals surface area contributed by atoms with E-state index in [1.807, 2.05) is 36.9 Å². The number of fused-ring (bicyclic) bond motifs is 4. The van der Waals surface area contributed by atoms with Gasteiger partial charge in [-0.2, -0.15) is 0 Å². The molecule has 3 aromatic carbocycles. The third-order valence-electron chi connectivity index (χ3n) is 12.4. The van der Waals surface area contributed by atoms with Gasteiger partial charge in [-0.05, 0) is 86.4 Å².